The lowest BCUT2D eigenvalue weighted by molar-refractivity contribution is 0.0680. The van der Waals surface area contributed by atoms with Crippen molar-refractivity contribution in [2.24, 2.45) is 0 Å². The zero-order chi connectivity index (χ0) is 19.6. The highest BCUT2D eigenvalue weighted by Crippen LogP contribution is 2.24. The number of sulfone groups is 1. The van der Waals surface area contributed by atoms with Gasteiger partial charge in [-0.2, -0.15) is 0 Å². The highest BCUT2D eigenvalue weighted by atomic mass is 32.2. The number of carbonyl (C=O) groups is 1. The lowest BCUT2D eigenvalue weighted by atomic mass is 10.0. The van der Waals surface area contributed by atoms with E-state index in [1.54, 1.807) is 4.90 Å². The highest BCUT2D eigenvalue weighted by molar-refractivity contribution is 7.91. The third-order valence-corrected chi connectivity index (χ3v) is 7.04. The molecule has 1 aliphatic rings. The van der Waals surface area contributed by atoms with Gasteiger partial charge in [0.2, 0.25) is 0 Å². The zero-order valence-corrected chi connectivity index (χ0v) is 17.0. The third-order valence-electron chi connectivity index (χ3n) is 5.28. The summed E-state index contributed by atoms with van der Waals surface area (Å²) < 4.78 is 24.0. The van der Waals surface area contributed by atoms with Crippen molar-refractivity contribution in [2.45, 2.75) is 45.7 Å². The molecule has 0 unspecified atom stereocenters. The van der Waals surface area contributed by atoms with Crippen molar-refractivity contribution in [3.8, 4) is 0 Å². The molecule has 0 radical (unpaired) electrons. The summed E-state index contributed by atoms with van der Waals surface area (Å²) >= 11 is 0. The summed E-state index contributed by atoms with van der Waals surface area (Å²) in [5.74, 6) is 0.558. The van der Waals surface area contributed by atoms with Crippen LogP contribution in [0.15, 0.2) is 48.5 Å². The minimum Gasteiger partial charge on any atom is -0.330 e. The van der Waals surface area contributed by atoms with Gasteiger partial charge in [0.15, 0.2) is 9.84 Å². The summed E-state index contributed by atoms with van der Waals surface area (Å²) in [6.07, 6.45) is 0.504. The number of carbonyl (C=O) groups excluding carboxylic acids is 1. The molecular formula is C22H27NO3S. The Bertz CT molecular complexity index is 917. The Morgan fingerprint density at radius 1 is 1.11 bits per heavy atom. The predicted octanol–water partition coefficient (Wildman–Crippen LogP) is 3.95. The van der Waals surface area contributed by atoms with Gasteiger partial charge in [-0.3, -0.25) is 4.79 Å². The Kier molecular flexibility index (Phi) is 5.70. The fourth-order valence-electron chi connectivity index (χ4n) is 3.56. The number of hydrogen-bond acceptors (Lipinski definition) is 3. The average molecular weight is 386 g/mol. The molecule has 1 aliphatic heterocycles. The van der Waals surface area contributed by atoms with Crippen molar-refractivity contribution < 1.29 is 13.2 Å². The summed E-state index contributed by atoms with van der Waals surface area (Å²) in [4.78, 5) is 15.0. The summed E-state index contributed by atoms with van der Waals surface area (Å²) in [5, 5.41) is 0. The van der Waals surface area contributed by atoms with Crippen molar-refractivity contribution in [1.82, 2.24) is 4.90 Å². The quantitative estimate of drug-likeness (QED) is 0.783. The van der Waals surface area contributed by atoms with Crippen LogP contribution in [0.5, 0.6) is 0 Å². The first-order valence-electron chi connectivity index (χ1n) is 9.42. The number of aryl methyl sites for hydroxylation is 1. The molecule has 5 heteroatoms. The molecule has 1 heterocycles. The van der Waals surface area contributed by atoms with Crippen LogP contribution in [-0.2, 0) is 16.4 Å². The molecule has 3 rings (SSSR count). The normalized spacial score (nSPS) is 18.6. The van der Waals surface area contributed by atoms with Crippen molar-refractivity contribution in [2.75, 3.05) is 11.5 Å². The zero-order valence-electron chi connectivity index (χ0n) is 16.2. The van der Waals surface area contributed by atoms with Crippen LogP contribution in [0.4, 0.5) is 0 Å². The predicted molar refractivity (Wildman–Crippen MR) is 109 cm³/mol. The summed E-state index contributed by atoms with van der Waals surface area (Å²) in [5.41, 5.74) is 3.81. The second-order valence-corrected chi connectivity index (χ2v) is 9.93. The van der Waals surface area contributed by atoms with Crippen LogP contribution in [0, 0.1) is 6.92 Å². The van der Waals surface area contributed by atoms with E-state index in [1.165, 1.54) is 5.56 Å². The van der Waals surface area contributed by atoms with Crippen LogP contribution >= 0.6 is 0 Å². The monoisotopic (exact) mass is 385 g/mol. The van der Waals surface area contributed by atoms with Crippen molar-refractivity contribution in [1.29, 1.82) is 0 Å². The number of amides is 1. The fourth-order valence-corrected chi connectivity index (χ4v) is 5.29. The number of rotatable bonds is 5. The molecule has 1 saturated heterocycles. The Morgan fingerprint density at radius 3 is 2.33 bits per heavy atom. The number of benzene rings is 2. The van der Waals surface area contributed by atoms with Gasteiger partial charge in [0.05, 0.1) is 11.5 Å². The van der Waals surface area contributed by atoms with Gasteiger partial charge in [-0.05, 0) is 42.0 Å². The molecule has 1 atom stereocenters. The largest absolute Gasteiger partial charge is 0.330 e. The van der Waals surface area contributed by atoms with Crippen LogP contribution in [0.2, 0.25) is 0 Å². The Morgan fingerprint density at radius 2 is 1.78 bits per heavy atom. The lowest BCUT2D eigenvalue weighted by Gasteiger charge is -2.29. The SMILES string of the molecule is Cc1ccccc1C(=O)N(Cc1ccc(C(C)C)cc1)[C@@H]1CCS(=O)(=O)C1. The first-order valence-corrected chi connectivity index (χ1v) is 11.2. The van der Waals surface area contributed by atoms with Gasteiger partial charge >= 0.3 is 0 Å². The molecule has 0 spiro atoms. The van der Waals surface area contributed by atoms with Gasteiger partial charge in [-0.1, -0.05) is 56.3 Å². The average Bonchev–Trinajstić information content (AvgIpc) is 2.99. The maximum absolute atomic E-state index is 13.3. The molecule has 144 valence electrons. The van der Waals surface area contributed by atoms with E-state index in [0.717, 1.165) is 11.1 Å². The Balaban J connectivity index is 1.90. The van der Waals surface area contributed by atoms with Crippen LogP contribution in [0.25, 0.3) is 0 Å². The maximum atomic E-state index is 13.3. The molecule has 27 heavy (non-hydrogen) atoms. The van der Waals surface area contributed by atoms with Crippen LogP contribution < -0.4 is 0 Å². The molecule has 4 nitrogen and oxygen atoms in total. The second kappa shape index (κ2) is 7.85. The van der Waals surface area contributed by atoms with Gasteiger partial charge in [0.25, 0.3) is 5.91 Å². The van der Waals surface area contributed by atoms with Crippen molar-refractivity contribution >= 4 is 15.7 Å². The van der Waals surface area contributed by atoms with Crippen molar-refractivity contribution in [3.05, 3.63) is 70.8 Å². The van der Waals surface area contributed by atoms with Gasteiger partial charge in [-0.15, -0.1) is 0 Å². The third kappa shape index (κ3) is 4.59. The van der Waals surface area contributed by atoms with E-state index in [2.05, 4.69) is 26.0 Å². The van der Waals surface area contributed by atoms with Crippen LogP contribution in [0.3, 0.4) is 0 Å². The minimum absolute atomic E-state index is 0.0503. The van der Waals surface area contributed by atoms with E-state index in [9.17, 15) is 13.2 Å². The smallest absolute Gasteiger partial charge is 0.254 e. The van der Waals surface area contributed by atoms with E-state index >= 15 is 0 Å². The van der Waals surface area contributed by atoms with Crippen LogP contribution in [0.1, 0.15) is 53.2 Å². The van der Waals surface area contributed by atoms with Gasteiger partial charge in [0, 0.05) is 18.2 Å². The van der Waals surface area contributed by atoms with E-state index in [4.69, 9.17) is 0 Å². The van der Waals surface area contributed by atoms with Gasteiger partial charge in [-0.25, -0.2) is 8.42 Å². The molecule has 0 aromatic heterocycles. The van der Waals surface area contributed by atoms with E-state index in [-0.39, 0.29) is 23.5 Å². The summed E-state index contributed by atoms with van der Waals surface area (Å²) in [7, 11) is -3.07. The van der Waals surface area contributed by atoms with E-state index < -0.39 is 9.84 Å². The maximum Gasteiger partial charge on any atom is 0.254 e. The van der Waals surface area contributed by atoms with E-state index in [0.29, 0.717) is 24.4 Å². The molecule has 0 N–H and O–H groups in total. The standard InChI is InChI=1S/C22H27NO3S/c1-16(2)19-10-8-18(9-11-19)14-23(20-12-13-27(25,26)15-20)22(24)21-7-5-4-6-17(21)3/h4-11,16,20H,12-15H2,1-3H3/t20-/m1/s1. The van der Waals surface area contributed by atoms with E-state index in [1.807, 2.05) is 43.3 Å². The second-order valence-electron chi connectivity index (χ2n) is 7.70. The molecule has 1 amide bonds. The van der Waals surface area contributed by atoms with Crippen molar-refractivity contribution in [3.63, 3.8) is 0 Å². The number of hydrogen-bond donors (Lipinski definition) is 0. The first-order chi connectivity index (χ1) is 12.8. The molecule has 2 aromatic rings. The summed E-state index contributed by atoms with van der Waals surface area (Å²) in [6, 6.07) is 15.5. The Labute approximate surface area is 162 Å². The fraction of sp³-hybridized carbons (Fsp3) is 0.409. The number of nitrogens with zero attached hydrogens (tertiary/aromatic N) is 1. The summed E-state index contributed by atoms with van der Waals surface area (Å²) in [6.45, 7) is 6.62. The Hall–Kier alpha value is -2.14. The molecule has 2 aromatic carbocycles. The molecular weight excluding hydrogens is 358 g/mol. The first kappa shape index (κ1) is 19.6. The topological polar surface area (TPSA) is 54.5 Å². The molecule has 1 fully saturated rings. The van der Waals surface area contributed by atoms with Crippen LogP contribution in [-0.4, -0.2) is 36.8 Å². The van der Waals surface area contributed by atoms with Gasteiger partial charge in [0.1, 0.15) is 0 Å². The highest BCUT2D eigenvalue weighted by Gasteiger charge is 2.35. The lowest BCUT2D eigenvalue weighted by Crippen LogP contribution is -2.40. The molecule has 0 bridgehead atoms. The van der Waals surface area contributed by atoms with Gasteiger partial charge < -0.3 is 4.90 Å². The molecule has 0 saturated carbocycles. The molecule has 0 aliphatic carbocycles. The minimum atomic E-state index is -3.07.